The molecule has 0 saturated carbocycles. The van der Waals surface area contributed by atoms with Crippen LogP contribution in [-0.2, 0) is 10.8 Å². The van der Waals surface area contributed by atoms with Gasteiger partial charge in [0.15, 0.2) is 0 Å². The number of nitrogens with zero attached hydrogens (tertiary/aromatic N) is 1. The summed E-state index contributed by atoms with van der Waals surface area (Å²) in [5.74, 6) is 1.76. The van der Waals surface area contributed by atoms with Gasteiger partial charge >= 0.3 is 0 Å². The van der Waals surface area contributed by atoms with E-state index in [1.165, 1.54) is 0 Å². The molecular weight excluding hydrogens is 296 g/mol. The highest BCUT2D eigenvalue weighted by Gasteiger charge is 2.23. The van der Waals surface area contributed by atoms with Crippen molar-refractivity contribution < 1.29 is 9.00 Å². The third-order valence-electron chi connectivity index (χ3n) is 4.41. The Morgan fingerprint density at radius 2 is 1.86 bits per heavy atom. The molecule has 22 heavy (non-hydrogen) atoms. The van der Waals surface area contributed by atoms with E-state index >= 15 is 0 Å². The van der Waals surface area contributed by atoms with Gasteiger partial charge in [-0.05, 0) is 37.5 Å². The van der Waals surface area contributed by atoms with Crippen LogP contribution in [0.1, 0.15) is 36.7 Å². The van der Waals surface area contributed by atoms with Crippen molar-refractivity contribution >= 4 is 22.4 Å². The first-order chi connectivity index (χ1) is 10.4. The fraction of sp³-hybridized carbons (Fsp3) is 0.588. The van der Waals surface area contributed by atoms with Gasteiger partial charge in [-0.3, -0.25) is 9.00 Å². The van der Waals surface area contributed by atoms with Crippen LogP contribution in [0.3, 0.4) is 0 Å². The number of nitrogens with one attached hydrogen (secondary N) is 1. The number of amides is 1. The molecule has 1 saturated heterocycles. The van der Waals surface area contributed by atoms with E-state index in [0.717, 1.165) is 16.8 Å². The maximum atomic E-state index is 12.7. The van der Waals surface area contributed by atoms with E-state index in [-0.39, 0.29) is 5.91 Å². The van der Waals surface area contributed by atoms with Gasteiger partial charge in [0.2, 0.25) is 0 Å². The lowest BCUT2D eigenvalue weighted by molar-refractivity contribution is 0.0770. The minimum atomic E-state index is -0.763. The molecule has 122 valence electrons. The van der Waals surface area contributed by atoms with Gasteiger partial charge in [0.25, 0.3) is 5.91 Å². The van der Waals surface area contributed by atoms with Gasteiger partial charge in [0.05, 0.1) is 0 Å². The summed E-state index contributed by atoms with van der Waals surface area (Å²) in [5, 5.41) is 3.50. The van der Waals surface area contributed by atoms with Crippen LogP contribution in [-0.4, -0.2) is 45.7 Å². The van der Waals surface area contributed by atoms with Crippen LogP contribution in [0.4, 0.5) is 5.69 Å². The van der Waals surface area contributed by atoms with Crippen molar-refractivity contribution in [1.29, 1.82) is 0 Å². The van der Waals surface area contributed by atoms with E-state index < -0.39 is 10.8 Å². The Morgan fingerprint density at radius 1 is 1.23 bits per heavy atom. The number of hydrogen-bond acceptors (Lipinski definition) is 3. The SMILES string of the molecule is Cc1c(N[C@H](C)C(C)C)cccc1C(=O)N1CCS(=O)CC1. The molecule has 0 spiro atoms. The van der Waals surface area contributed by atoms with E-state index in [2.05, 4.69) is 26.1 Å². The van der Waals surface area contributed by atoms with Gasteiger partial charge in [0, 0.05) is 52.7 Å². The van der Waals surface area contributed by atoms with Crippen LogP contribution in [0.5, 0.6) is 0 Å². The molecule has 1 aromatic carbocycles. The largest absolute Gasteiger partial charge is 0.382 e. The Morgan fingerprint density at radius 3 is 2.45 bits per heavy atom. The van der Waals surface area contributed by atoms with Gasteiger partial charge in [-0.25, -0.2) is 0 Å². The second-order valence-corrected chi connectivity index (χ2v) is 7.99. The minimum absolute atomic E-state index is 0.0510. The van der Waals surface area contributed by atoms with E-state index in [4.69, 9.17) is 0 Å². The van der Waals surface area contributed by atoms with Crippen LogP contribution in [0.25, 0.3) is 0 Å². The van der Waals surface area contributed by atoms with E-state index in [0.29, 0.717) is 36.6 Å². The van der Waals surface area contributed by atoms with E-state index in [9.17, 15) is 9.00 Å². The number of hydrogen-bond donors (Lipinski definition) is 1. The molecule has 0 unspecified atom stereocenters. The second-order valence-electron chi connectivity index (χ2n) is 6.30. The quantitative estimate of drug-likeness (QED) is 0.927. The topological polar surface area (TPSA) is 49.4 Å². The summed E-state index contributed by atoms with van der Waals surface area (Å²) in [4.78, 5) is 14.5. The molecule has 0 aromatic heterocycles. The highest BCUT2D eigenvalue weighted by atomic mass is 32.2. The first-order valence-electron chi connectivity index (χ1n) is 7.90. The summed E-state index contributed by atoms with van der Waals surface area (Å²) in [5.41, 5.74) is 2.76. The van der Waals surface area contributed by atoms with Crippen molar-refractivity contribution in [3.8, 4) is 0 Å². The third kappa shape index (κ3) is 3.88. The van der Waals surface area contributed by atoms with Crippen molar-refractivity contribution in [2.75, 3.05) is 29.9 Å². The summed E-state index contributed by atoms with van der Waals surface area (Å²) in [7, 11) is -0.763. The normalized spacial score (nSPS) is 17.6. The van der Waals surface area contributed by atoms with Crippen LogP contribution in [0.15, 0.2) is 18.2 Å². The maximum absolute atomic E-state index is 12.7. The summed E-state index contributed by atoms with van der Waals surface area (Å²) >= 11 is 0. The molecule has 1 heterocycles. The Labute approximate surface area is 135 Å². The monoisotopic (exact) mass is 322 g/mol. The number of carbonyl (C=O) groups is 1. The van der Waals surface area contributed by atoms with E-state index in [1.807, 2.05) is 30.0 Å². The Hall–Kier alpha value is -1.36. The molecule has 0 bridgehead atoms. The van der Waals surface area contributed by atoms with Gasteiger partial charge in [-0.15, -0.1) is 0 Å². The molecule has 0 radical (unpaired) electrons. The molecular formula is C17H26N2O2S. The molecule has 1 amide bonds. The lowest BCUT2D eigenvalue weighted by Crippen LogP contribution is -2.42. The number of rotatable bonds is 4. The smallest absolute Gasteiger partial charge is 0.254 e. The second kappa shape index (κ2) is 7.27. The predicted molar refractivity (Wildman–Crippen MR) is 92.9 cm³/mol. The highest BCUT2D eigenvalue weighted by molar-refractivity contribution is 7.85. The lowest BCUT2D eigenvalue weighted by Gasteiger charge is -2.28. The van der Waals surface area contributed by atoms with Crippen LogP contribution in [0.2, 0.25) is 0 Å². The average Bonchev–Trinajstić information content (AvgIpc) is 2.49. The number of anilines is 1. The molecule has 1 N–H and O–H groups in total. The zero-order chi connectivity index (χ0) is 16.3. The number of benzene rings is 1. The summed E-state index contributed by atoms with van der Waals surface area (Å²) < 4.78 is 11.4. The fourth-order valence-corrected chi connectivity index (χ4v) is 3.50. The Kier molecular flexibility index (Phi) is 5.62. The summed E-state index contributed by atoms with van der Waals surface area (Å²) in [6.45, 7) is 9.67. The van der Waals surface area contributed by atoms with Gasteiger partial charge in [-0.2, -0.15) is 0 Å². The van der Waals surface area contributed by atoms with Crippen molar-refractivity contribution in [3.63, 3.8) is 0 Å². The van der Waals surface area contributed by atoms with Crippen molar-refractivity contribution in [3.05, 3.63) is 29.3 Å². The van der Waals surface area contributed by atoms with E-state index in [1.54, 1.807) is 0 Å². The zero-order valence-corrected chi connectivity index (χ0v) is 14.7. The standard InChI is InChI=1S/C17H26N2O2S/c1-12(2)14(4)18-16-7-5-6-15(13(16)3)17(20)19-8-10-22(21)11-9-19/h5-7,12,14,18H,8-11H2,1-4H3/t14-/m1/s1. The van der Waals surface area contributed by atoms with Gasteiger partial charge < -0.3 is 10.2 Å². The van der Waals surface area contributed by atoms with Gasteiger partial charge in [-0.1, -0.05) is 19.9 Å². The molecule has 1 aromatic rings. The van der Waals surface area contributed by atoms with Gasteiger partial charge in [0.1, 0.15) is 0 Å². The average molecular weight is 322 g/mol. The minimum Gasteiger partial charge on any atom is -0.382 e. The van der Waals surface area contributed by atoms with Crippen molar-refractivity contribution in [2.24, 2.45) is 5.92 Å². The number of carbonyl (C=O) groups excluding carboxylic acids is 1. The van der Waals surface area contributed by atoms with Crippen molar-refractivity contribution in [2.45, 2.75) is 33.7 Å². The molecule has 4 nitrogen and oxygen atoms in total. The molecule has 2 rings (SSSR count). The summed E-state index contributed by atoms with van der Waals surface area (Å²) in [6.07, 6.45) is 0. The Balaban J connectivity index is 2.17. The molecule has 5 heteroatoms. The third-order valence-corrected chi connectivity index (χ3v) is 5.69. The molecule has 1 fully saturated rings. The summed E-state index contributed by atoms with van der Waals surface area (Å²) in [6, 6.07) is 6.18. The highest BCUT2D eigenvalue weighted by Crippen LogP contribution is 2.23. The molecule has 1 aliphatic rings. The fourth-order valence-electron chi connectivity index (χ4n) is 2.45. The van der Waals surface area contributed by atoms with Crippen molar-refractivity contribution in [1.82, 2.24) is 4.90 Å². The predicted octanol–water partition coefficient (Wildman–Crippen LogP) is 2.66. The van der Waals surface area contributed by atoms with Crippen LogP contribution in [0, 0.1) is 12.8 Å². The molecule has 0 aliphatic carbocycles. The molecule has 1 aliphatic heterocycles. The first-order valence-corrected chi connectivity index (χ1v) is 9.39. The maximum Gasteiger partial charge on any atom is 0.254 e. The first kappa shape index (κ1) is 17.0. The Bertz CT molecular complexity index is 562. The van der Waals surface area contributed by atoms with Crippen LogP contribution >= 0.6 is 0 Å². The zero-order valence-electron chi connectivity index (χ0n) is 13.9. The van der Waals surface area contributed by atoms with Crippen LogP contribution < -0.4 is 5.32 Å². The molecule has 1 atom stereocenters. The lowest BCUT2D eigenvalue weighted by atomic mass is 10.0.